The van der Waals surface area contributed by atoms with E-state index < -0.39 is 10.0 Å². The Balaban J connectivity index is 1.82. The standard InChI is InChI=1S/C20H20ClN5O3S/c1-4-26-18-8-6-14(30(28,29)24(2)3)10-17(18)23-19(26)11-25-12-22-16-7-5-13(21)9-15(16)20(25)27/h5-10,12H,4,11H2,1-3H3. The molecular weight excluding hydrogens is 426 g/mol. The molecule has 2 aromatic carbocycles. The van der Waals surface area contributed by atoms with Crippen molar-refractivity contribution in [2.45, 2.75) is 24.9 Å². The van der Waals surface area contributed by atoms with Crippen LogP contribution in [0.5, 0.6) is 0 Å². The van der Waals surface area contributed by atoms with Crippen LogP contribution in [0.25, 0.3) is 21.9 Å². The number of fused-ring (bicyclic) bond motifs is 2. The van der Waals surface area contributed by atoms with Crippen LogP contribution in [0.4, 0.5) is 0 Å². The van der Waals surface area contributed by atoms with Gasteiger partial charge < -0.3 is 4.57 Å². The van der Waals surface area contributed by atoms with E-state index in [1.54, 1.807) is 36.4 Å². The number of rotatable bonds is 5. The Morgan fingerprint density at radius 2 is 1.87 bits per heavy atom. The largest absolute Gasteiger partial charge is 0.327 e. The lowest BCUT2D eigenvalue weighted by atomic mass is 10.2. The number of sulfonamides is 1. The molecule has 0 saturated carbocycles. The first-order valence-corrected chi connectivity index (χ1v) is 11.1. The van der Waals surface area contributed by atoms with Gasteiger partial charge in [-0.1, -0.05) is 11.6 Å². The highest BCUT2D eigenvalue weighted by Gasteiger charge is 2.20. The molecule has 156 valence electrons. The zero-order chi connectivity index (χ0) is 21.6. The highest BCUT2D eigenvalue weighted by molar-refractivity contribution is 7.89. The lowest BCUT2D eigenvalue weighted by Gasteiger charge is -2.11. The van der Waals surface area contributed by atoms with Crippen molar-refractivity contribution < 1.29 is 8.42 Å². The summed E-state index contributed by atoms with van der Waals surface area (Å²) in [6.45, 7) is 2.79. The molecule has 0 N–H and O–H groups in total. The Morgan fingerprint density at radius 3 is 2.57 bits per heavy atom. The van der Waals surface area contributed by atoms with Crippen LogP contribution in [-0.4, -0.2) is 45.9 Å². The molecule has 0 spiro atoms. The minimum atomic E-state index is -3.57. The van der Waals surface area contributed by atoms with Crippen LogP contribution < -0.4 is 5.56 Å². The Bertz CT molecular complexity index is 1440. The predicted molar refractivity (Wildman–Crippen MR) is 116 cm³/mol. The fraction of sp³-hybridized carbons (Fsp3) is 0.250. The van der Waals surface area contributed by atoms with Crippen molar-refractivity contribution in [3.05, 3.63) is 63.9 Å². The quantitative estimate of drug-likeness (QED) is 0.471. The molecule has 4 rings (SSSR count). The monoisotopic (exact) mass is 445 g/mol. The molecule has 4 aromatic rings. The zero-order valence-electron chi connectivity index (χ0n) is 16.7. The fourth-order valence-corrected chi connectivity index (χ4v) is 4.49. The summed E-state index contributed by atoms with van der Waals surface area (Å²) in [4.78, 5) is 22.0. The predicted octanol–water partition coefficient (Wildman–Crippen LogP) is 2.72. The number of imidazole rings is 1. The number of nitrogens with zero attached hydrogens (tertiary/aromatic N) is 5. The second-order valence-electron chi connectivity index (χ2n) is 7.05. The normalized spacial score (nSPS) is 12.3. The molecule has 0 saturated heterocycles. The van der Waals surface area contributed by atoms with Gasteiger partial charge in [0.1, 0.15) is 5.82 Å². The Labute approximate surface area is 178 Å². The topological polar surface area (TPSA) is 90.1 Å². The van der Waals surface area contributed by atoms with Gasteiger partial charge in [0.05, 0.1) is 39.7 Å². The van der Waals surface area contributed by atoms with E-state index in [-0.39, 0.29) is 17.0 Å². The number of halogens is 1. The van der Waals surface area contributed by atoms with E-state index in [1.165, 1.54) is 25.0 Å². The van der Waals surface area contributed by atoms with Gasteiger partial charge >= 0.3 is 0 Å². The summed E-state index contributed by atoms with van der Waals surface area (Å²) >= 11 is 6.03. The molecule has 0 unspecified atom stereocenters. The van der Waals surface area contributed by atoms with E-state index in [0.29, 0.717) is 33.8 Å². The van der Waals surface area contributed by atoms with Gasteiger partial charge in [0.25, 0.3) is 5.56 Å². The number of hydrogen-bond donors (Lipinski definition) is 0. The summed E-state index contributed by atoms with van der Waals surface area (Å²) in [5, 5.41) is 0.901. The van der Waals surface area contributed by atoms with Crippen LogP contribution >= 0.6 is 11.6 Å². The van der Waals surface area contributed by atoms with Crippen LogP contribution in [0.3, 0.4) is 0 Å². The van der Waals surface area contributed by atoms with Gasteiger partial charge in [-0.3, -0.25) is 9.36 Å². The smallest absolute Gasteiger partial charge is 0.261 e. The lowest BCUT2D eigenvalue weighted by molar-refractivity contribution is 0.521. The Kier molecular flexibility index (Phi) is 5.13. The van der Waals surface area contributed by atoms with Gasteiger partial charge in [-0.2, -0.15) is 0 Å². The minimum absolute atomic E-state index is 0.173. The second kappa shape index (κ2) is 7.50. The molecule has 0 atom stereocenters. The summed E-state index contributed by atoms with van der Waals surface area (Å²) in [5.41, 5.74) is 1.71. The van der Waals surface area contributed by atoms with Gasteiger partial charge in [-0.25, -0.2) is 22.7 Å². The zero-order valence-corrected chi connectivity index (χ0v) is 18.3. The van der Waals surface area contributed by atoms with Crippen molar-refractivity contribution in [1.29, 1.82) is 0 Å². The highest BCUT2D eigenvalue weighted by Crippen LogP contribution is 2.22. The summed E-state index contributed by atoms with van der Waals surface area (Å²) in [7, 11) is -0.592. The van der Waals surface area contributed by atoms with Crippen molar-refractivity contribution in [1.82, 2.24) is 23.4 Å². The van der Waals surface area contributed by atoms with Crippen molar-refractivity contribution in [2.75, 3.05) is 14.1 Å². The van der Waals surface area contributed by atoms with E-state index in [9.17, 15) is 13.2 Å². The SMILES string of the molecule is CCn1c(Cn2cnc3ccc(Cl)cc3c2=O)nc2cc(S(=O)(=O)N(C)C)ccc21. The number of benzene rings is 2. The maximum absolute atomic E-state index is 12.9. The third kappa shape index (κ3) is 3.38. The third-order valence-electron chi connectivity index (χ3n) is 4.99. The van der Waals surface area contributed by atoms with E-state index >= 15 is 0 Å². The van der Waals surface area contributed by atoms with Crippen LogP contribution in [0.1, 0.15) is 12.7 Å². The molecule has 0 aliphatic rings. The van der Waals surface area contributed by atoms with Gasteiger partial charge in [-0.15, -0.1) is 0 Å². The molecule has 0 amide bonds. The van der Waals surface area contributed by atoms with Gasteiger partial charge in [0.2, 0.25) is 10.0 Å². The molecule has 0 aliphatic heterocycles. The van der Waals surface area contributed by atoms with E-state index in [2.05, 4.69) is 9.97 Å². The molecular formula is C20H20ClN5O3S. The Morgan fingerprint density at radius 1 is 1.10 bits per heavy atom. The highest BCUT2D eigenvalue weighted by atomic mass is 35.5. The molecule has 8 nitrogen and oxygen atoms in total. The molecule has 30 heavy (non-hydrogen) atoms. The fourth-order valence-electron chi connectivity index (χ4n) is 3.40. The van der Waals surface area contributed by atoms with Gasteiger partial charge in [0.15, 0.2) is 0 Å². The molecule has 0 aliphatic carbocycles. The summed E-state index contributed by atoms with van der Waals surface area (Å²) in [5.74, 6) is 0.636. The first-order chi connectivity index (χ1) is 14.2. The molecule has 0 fully saturated rings. The average Bonchev–Trinajstić information content (AvgIpc) is 3.06. The van der Waals surface area contributed by atoms with Crippen LogP contribution in [-0.2, 0) is 23.1 Å². The summed E-state index contributed by atoms with van der Waals surface area (Å²) < 4.78 is 29.5. The third-order valence-corrected chi connectivity index (χ3v) is 7.04. The van der Waals surface area contributed by atoms with Crippen LogP contribution in [0.15, 0.2) is 52.4 Å². The number of aromatic nitrogens is 4. The lowest BCUT2D eigenvalue weighted by Crippen LogP contribution is -2.22. The number of hydrogen-bond acceptors (Lipinski definition) is 5. The van der Waals surface area contributed by atoms with Crippen LogP contribution in [0, 0.1) is 0 Å². The van der Waals surface area contributed by atoms with Gasteiger partial charge in [0, 0.05) is 25.7 Å². The van der Waals surface area contributed by atoms with Crippen molar-refractivity contribution in [2.24, 2.45) is 0 Å². The van der Waals surface area contributed by atoms with Crippen molar-refractivity contribution >= 4 is 43.6 Å². The Hall–Kier alpha value is -2.75. The van der Waals surface area contributed by atoms with Gasteiger partial charge in [-0.05, 0) is 43.3 Å². The summed E-state index contributed by atoms with van der Waals surface area (Å²) in [6, 6.07) is 9.87. The van der Waals surface area contributed by atoms with Crippen LogP contribution in [0.2, 0.25) is 5.02 Å². The second-order valence-corrected chi connectivity index (χ2v) is 9.64. The van der Waals surface area contributed by atoms with Crippen molar-refractivity contribution in [3.63, 3.8) is 0 Å². The molecule has 0 bridgehead atoms. The summed E-state index contributed by atoms with van der Waals surface area (Å²) in [6.07, 6.45) is 1.49. The van der Waals surface area contributed by atoms with E-state index in [0.717, 1.165) is 9.82 Å². The van der Waals surface area contributed by atoms with E-state index in [1.807, 2.05) is 11.5 Å². The molecule has 2 heterocycles. The molecule has 2 aromatic heterocycles. The minimum Gasteiger partial charge on any atom is -0.327 e. The van der Waals surface area contributed by atoms with Crippen molar-refractivity contribution in [3.8, 4) is 0 Å². The maximum Gasteiger partial charge on any atom is 0.261 e. The number of aryl methyl sites for hydroxylation is 1. The first kappa shape index (κ1) is 20.5. The maximum atomic E-state index is 12.9. The first-order valence-electron chi connectivity index (χ1n) is 9.28. The molecule has 10 heteroatoms. The molecule has 0 radical (unpaired) electrons. The average molecular weight is 446 g/mol. The van der Waals surface area contributed by atoms with E-state index in [4.69, 9.17) is 11.6 Å².